The molecule has 3 heterocycles. The van der Waals surface area contributed by atoms with Crippen molar-refractivity contribution in [1.82, 2.24) is 9.80 Å². The maximum atomic E-state index is 3.22. The lowest BCUT2D eigenvalue weighted by atomic mass is 9.52. The van der Waals surface area contributed by atoms with Gasteiger partial charge in [0.1, 0.15) is 0 Å². The second kappa shape index (κ2) is 15.8. The molecule has 0 spiro atoms. The minimum Gasteiger partial charge on any atom is -0.347 e. The van der Waals surface area contributed by atoms with Crippen molar-refractivity contribution in [1.29, 1.82) is 0 Å². The first kappa shape index (κ1) is 44.1. The molecular weight excluding hydrogens is 841 g/mol. The van der Waals surface area contributed by atoms with Crippen molar-refractivity contribution in [3.8, 4) is 0 Å². The van der Waals surface area contributed by atoms with Crippen molar-refractivity contribution in [2.45, 2.75) is 157 Å². The van der Waals surface area contributed by atoms with E-state index in [9.17, 15) is 0 Å². The first-order valence-electron chi connectivity index (χ1n) is 27.5. The van der Waals surface area contributed by atoms with Gasteiger partial charge in [-0.25, -0.2) is 0 Å². The van der Waals surface area contributed by atoms with Crippen molar-refractivity contribution in [3.05, 3.63) is 139 Å². The van der Waals surface area contributed by atoms with Gasteiger partial charge in [-0.2, -0.15) is 0 Å². The Hall–Kier alpha value is -4.84. The summed E-state index contributed by atoms with van der Waals surface area (Å²) in [5.41, 5.74) is 26.2. The Morgan fingerprint density at radius 2 is 0.652 bits per heavy atom. The first-order chi connectivity index (χ1) is 33.1. The second-order valence-electron chi connectivity index (χ2n) is 25.4. The molecule has 0 radical (unpaired) electrons. The van der Waals surface area contributed by atoms with E-state index in [1.807, 2.05) is 0 Å². The number of hydrogen-bond donors (Lipinski definition) is 0. The minimum absolute atomic E-state index is 0.181. The molecule has 6 heteroatoms. The predicted octanol–water partition coefficient (Wildman–Crippen LogP) is 14.0. The highest BCUT2D eigenvalue weighted by molar-refractivity contribution is 5.75. The molecule has 11 fully saturated rings. The Bertz CT molecular complexity index is 2690. The lowest BCUT2D eigenvalue weighted by Crippen LogP contribution is -2.62. The van der Waals surface area contributed by atoms with E-state index in [2.05, 4.69) is 159 Å². The van der Waals surface area contributed by atoms with Gasteiger partial charge in [-0.1, -0.05) is 71.8 Å². The van der Waals surface area contributed by atoms with Gasteiger partial charge in [0.2, 0.25) is 0 Å². The van der Waals surface area contributed by atoms with Crippen molar-refractivity contribution in [2.24, 2.45) is 35.5 Å². The third-order valence-corrected chi connectivity index (χ3v) is 20.0. The van der Waals surface area contributed by atoms with Crippen LogP contribution in [0.2, 0.25) is 0 Å². The molecule has 4 aromatic rings. The average molecular weight is 921 g/mol. The van der Waals surface area contributed by atoms with E-state index in [4.69, 9.17) is 0 Å². The highest BCUT2D eigenvalue weighted by Gasteiger charge is 2.62. The van der Waals surface area contributed by atoms with Crippen LogP contribution in [-0.2, 0) is 0 Å². The predicted molar refractivity (Wildman–Crippen MR) is 287 cm³/mol. The molecule has 11 aliphatic rings. The molecule has 8 bridgehead atoms. The molecular formula is C63H80N6. The number of anilines is 4. The third-order valence-electron chi connectivity index (χ3n) is 20.0. The van der Waals surface area contributed by atoms with E-state index >= 15 is 0 Å². The SMILES string of the molecule is Cc1cc(C)c(N2CC(=C3C(=C4CN(c5c(C)cccc5C)CN4c4c(C)cccc4C)N(C45CC6CC(CC(C6)C4)C5)CN3C34CC5CC(CC(C5)C3)C4)N(c3c(C)cc(C)cc3C)C2)c(C)c1. The summed E-state index contributed by atoms with van der Waals surface area (Å²) >= 11 is 0. The summed E-state index contributed by atoms with van der Waals surface area (Å²) in [6.45, 7) is 28.1. The maximum absolute atomic E-state index is 3.22. The van der Waals surface area contributed by atoms with Crippen molar-refractivity contribution in [3.63, 3.8) is 0 Å². The van der Waals surface area contributed by atoms with Gasteiger partial charge in [-0.3, -0.25) is 0 Å². The highest BCUT2D eigenvalue weighted by atomic mass is 15.5. The largest absolute Gasteiger partial charge is 0.347 e. The summed E-state index contributed by atoms with van der Waals surface area (Å²) in [7, 11) is 0. The van der Waals surface area contributed by atoms with Crippen LogP contribution in [-0.4, -0.2) is 54.0 Å². The number of hydrogen-bond acceptors (Lipinski definition) is 6. The molecule has 4 aromatic carbocycles. The Morgan fingerprint density at radius 3 is 1.00 bits per heavy atom. The van der Waals surface area contributed by atoms with Crippen LogP contribution in [0.3, 0.4) is 0 Å². The van der Waals surface area contributed by atoms with Crippen LogP contribution in [0.15, 0.2) is 83.5 Å². The fraction of sp³-hybridized carbons (Fsp3) is 0.556. The molecule has 8 aliphatic carbocycles. The molecule has 0 N–H and O–H groups in total. The Kier molecular flexibility index (Phi) is 10.1. The van der Waals surface area contributed by atoms with Crippen LogP contribution < -0.4 is 19.6 Å². The number of aryl methyl sites for hydroxylation is 10. The highest BCUT2D eigenvalue weighted by Crippen LogP contribution is 2.64. The normalized spacial score (nSPS) is 33.4. The van der Waals surface area contributed by atoms with Gasteiger partial charge in [0, 0.05) is 33.8 Å². The molecule has 15 rings (SSSR count). The molecule has 8 saturated carbocycles. The summed E-state index contributed by atoms with van der Waals surface area (Å²) in [5.74, 6) is 5.17. The van der Waals surface area contributed by atoms with Gasteiger partial charge < -0.3 is 29.4 Å². The maximum Gasteiger partial charge on any atom is 0.0954 e. The summed E-state index contributed by atoms with van der Waals surface area (Å²) < 4.78 is 0. The summed E-state index contributed by atoms with van der Waals surface area (Å²) in [5, 5.41) is 0. The molecule has 362 valence electrons. The second-order valence-corrected chi connectivity index (χ2v) is 25.4. The van der Waals surface area contributed by atoms with Crippen LogP contribution in [0.25, 0.3) is 0 Å². The van der Waals surface area contributed by atoms with Gasteiger partial charge in [0.05, 0.1) is 55.9 Å². The molecule has 6 nitrogen and oxygen atoms in total. The van der Waals surface area contributed by atoms with E-state index in [1.54, 1.807) is 22.8 Å². The van der Waals surface area contributed by atoms with E-state index in [0.29, 0.717) is 0 Å². The van der Waals surface area contributed by atoms with E-state index in [1.165, 1.54) is 155 Å². The minimum atomic E-state index is 0.181. The molecule has 0 unspecified atom stereocenters. The number of para-hydroxylation sites is 2. The van der Waals surface area contributed by atoms with Gasteiger partial charge in [-0.15, -0.1) is 0 Å². The van der Waals surface area contributed by atoms with Crippen LogP contribution in [0.4, 0.5) is 22.7 Å². The molecule has 69 heavy (non-hydrogen) atoms. The number of nitrogens with zero attached hydrogens (tertiary/aromatic N) is 6. The van der Waals surface area contributed by atoms with Gasteiger partial charge >= 0.3 is 0 Å². The fourth-order valence-corrected chi connectivity index (χ4v) is 18.8. The first-order valence-corrected chi connectivity index (χ1v) is 27.5. The molecule has 0 atom stereocenters. The van der Waals surface area contributed by atoms with E-state index < -0.39 is 0 Å². The lowest BCUT2D eigenvalue weighted by molar-refractivity contribution is -0.104. The van der Waals surface area contributed by atoms with Crippen LogP contribution in [0.5, 0.6) is 0 Å². The lowest BCUT2D eigenvalue weighted by Gasteiger charge is -2.62. The Balaban J connectivity index is 1.13. The zero-order chi connectivity index (χ0) is 47.4. The summed E-state index contributed by atoms with van der Waals surface area (Å²) in [6, 6.07) is 23.8. The topological polar surface area (TPSA) is 19.4 Å². The van der Waals surface area contributed by atoms with Crippen LogP contribution in [0.1, 0.15) is 133 Å². The number of benzene rings is 4. The van der Waals surface area contributed by atoms with Gasteiger partial charge in [0.25, 0.3) is 0 Å². The third kappa shape index (κ3) is 6.89. The number of rotatable bonds is 6. The zero-order valence-corrected chi connectivity index (χ0v) is 43.9. The molecule has 0 amide bonds. The average Bonchev–Trinajstić information content (AvgIpc) is 3.98. The van der Waals surface area contributed by atoms with Crippen molar-refractivity contribution >= 4 is 22.7 Å². The summed E-state index contributed by atoms with van der Waals surface area (Å²) in [4.78, 5) is 17.7. The Labute approximate surface area is 415 Å². The van der Waals surface area contributed by atoms with Gasteiger partial charge in [-0.05, 0) is 226 Å². The summed E-state index contributed by atoms with van der Waals surface area (Å²) in [6.07, 6.45) is 17.0. The monoisotopic (exact) mass is 921 g/mol. The molecule has 3 aliphatic heterocycles. The quantitative estimate of drug-likeness (QED) is 0.191. The van der Waals surface area contributed by atoms with Gasteiger partial charge in [0.15, 0.2) is 0 Å². The Morgan fingerprint density at radius 1 is 0.362 bits per heavy atom. The van der Waals surface area contributed by atoms with Crippen molar-refractivity contribution in [2.75, 3.05) is 52.7 Å². The smallest absolute Gasteiger partial charge is 0.0954 e. The fourth-order valence-electron chi connectivity index (χ4n) is 18.8. The van der Waals surface area contributed by atoms with Crippen LogP contribution >= 0.6 is 0 Å². The van der Waals surface area contributed by atoms with E-state index in [-0.39, 0.29) is 11.1 Å². The standard InChI is InChI=1S/C63H80N6/c1-38-17-44(7)57(45(8)18-38)65-34-55(67(36-65)59-46(9)19-39(2)20-47(59)10)61-60(54-33-64(56-40(3)13-11-14-41(56)4)35-66(54)58-42(5)15-12-16-43(58)6)68(62-27-48-21-49(28-62)23-50(22-48)29-62)37-69(61)63-30-51-24-52(31-63)26-53(25-51)32-63/h11-20,48-53H,21-37H2,1-10H3. The van der Waals surface area contributed by atoms with Crippen LogP contribution in [0, 0.1) is 105 Å². The van der Waals surface area contributed by atoms with E-state index in [0.717, 1.165) is 68.6 Å². The molecule has 3 saturated heterocycles. The molecule has 0 aromatic heterocycles. The van der Waals surface area contributed by atoms with Crippen molar-refractivity contribution < 1.29 is 0 Å². The zero-order valence-electron chi connectivity index (χ0n) is 43.9.